The number of hydrogen-bond acceptors (Lipinski definition) is 4. The zero-order chi connectivity index (χ0) is 23.7. The number of unbranched alkanes of at least 4 members (excludes halogenated alkanes) is 1. The molecule has 2 aromatic carbocycles. The van der Waals surface area contributed by atoms with Crippen LogP contribution in [0, 0.1) is 0 Å². The first-order chi connectivity index (χ1) is 15.1. The van der Waals surface area contributed by atoms with Gasteiger partial charge >= 0.3 is 5.97 Å². The van der Waals surface area contributed by atoms with Gasteiger partial charge in [-0.05, 0) is 68.0 Å². The summed E-state index contributed by atoms with van der Waals surface area (Å²) in [6, 6.07) is 13.9. The zero-order valence-electron chi connectivity index (χ0n) is 18.9. The van der Waals surface area contributed by atoms with Gasteiger partial charge in [0.2, 0.25) is 0 Å². The molecule has 0 radical (unpaired) electrons. The number of carboxylic acid groups (broad SMARTS) is 1. The second kappa shape index (κ2) is 12.6. The van der Waals surface area contributed by atoms with E-state index < -0.39 is 11.5 Å². The van der Waals surface area contributed by atoms with Crippen LogP contribution in [0.25, 0.3) is 11.1 Å². The highest BCUT2D eigenvalue weighted by Crippen LogP contribution is 2.28. The van der Waals surface area contributed by atoms with Gasteiger partial charge < -0.3 is 20.8 Å². The van der Waals surface area contributed by atoms with Crippen LogP contribution in [0.4, 0.5) is 0 Å². The largest absolute Gasteiger partial charge is 0.480 e. The number of carboxylic acids is 1. The van der Waals surface area contributed by atoms with Crippen LogP contribution in [0.1, 0.15) is 37.7 Å². The number of benzene rings is 2. The number of halogens is 2. The Balaban J connectivity index is 1.83. The zero-order valence-corrected chi connectivity index (χ0v) is 20.4. The Kier molecular flexibility index (Phi) is 10.5. The molecule has 4 N–H and O–H groups in total. The van der Waals surface area contributed by atoms with E-state index in [1.165, 1.54) is 5.56 Å². The molecule has 2 aromatic rings. The van der Waals surface area contributed by atoms with Crippen molar-refractivity contribution in [2.75, 3.05) is 13.6 Å². The first kappa shape index (κ1) is 26.7. The van der Waals surface area contributed by atoms with Crippen molar-refractivity contribution in [2.24, 2.45) is 5.73 Å². The molecule has 0 heterocycles. The highest BCUT2D eigenvalue weighted by molar-refractivity contribution is 6.48. The number of aliphatic carboxylic acids is 1. The first-order valence-corrected chi connectivity index (χ1v) is 11.8. The van der Waals surface area contributed by atoms with Crippen LogP contribution < -0.4 is 5.73 Å². The molecule has 32 heavy (non-hydrogen) atoms. The van der Waals surface area contributed by atoms with Crippen molar-refractivity contribution < 1.29 is 14.9 Å². The average molecular weight is 479 g/mol. The van der Waals surface area contributed by atoms with Crippen LogP contribution in [0.5, 0.6) is 0 Å². The Hall–Kier alpha value is -1.57. The Morgan fingerprint density at radius 3 is 2.25 bits per heavy atom. The van der Waals surface area contributed by atoms with E-state index in [9.17, 15) is 14.9 Å². The minimum atomic E-state index is -1.21. The van der Waals surface area contributed by atoms with Crippen LogP contribution >= 0.6 is 23.2 Å². The predicted molar refractivity (Wildman–Crippen MR) is 135 cm³/mol. The highest BCUT2D eigenvalue weighted by atomic mass is 35.5. The van der Waals surface area contributed by atoms with Gasteiger partial charge in [-0.2, -0.15) is 0 Å². The normalized spacial score (nSPS) is 13.2. The fourth-order valence-electron chi connectivity index (χ4n) is 3.75. The van der Waals surface area contributed by atoms with E-state index in [1.807, 2.05) is 19.2 Å². The van der Waals surface area contributed by atoms with Gasteiger partial charge in [0.1, 0.15) is 5.54 Å². The molecule has 0 aromatic heterocycles. The molecule has 2 rings (SSSR count). The van der Waals surface area contributed by atoms with E-state index in [1.54, 1.807) is 12.9 Å². The summed E-state index contributed by atoms with van der Waals surface area (Å²) in [5.41, 5.74) is 8.24. The van der Waals surface area contributed by atoms with E-state index in [0.717, 1.165) is 30.6 Å². The second-order valence-corrected chi connectivity index (χ2v) is 9.54. The molecule has 5 nitrogen and oxygen atoms in total. The lowest BCUT2D eigenvalue weighted by atomic mass is 9.66. The average Bonchev–Trinajstić information content (AvgIpc) is 2.73. The summed E-state index contributed by atoms with van der Waals surface area (Å²) in [4.78, 5) is 13.9. The molecule has 0 aliphatic rings. The Morgan fingerprint density at radius 2 is 1.66 bits per heavy atom. The molecule has 0 fully saturated rings. The van der Waals surface area contributed by atoms with Gasteiger partial charge in [-0.25, -0.2) is 0 Å². The van der Waals surface area contributed by atoms with Crippen molar-refractivity contribution in [3.8, 4) is 11.1 Å². The maximum atomic E-state index is 11.7. The summed E-state index contributed by atoms with van der Waals surface area (Å²) >= 11 is 12.1. The number of nitrogens with two attached hydrogens (primary N) is 1. The predicted octanol–water partition coefficient (Wildman–Crippen LogP) is 5.44. The van der Waals surface area contributed by atoms with E-state index in [0.29, 0.717) is 42.0 Å². The summed E-state index contributed by atoms with van der Waals surface area (Å²) in [7, 11) is 2.02. The quantitative estimate of drug-likeness (QED) is 0.263. The van der Waals surface area contributed by atoms with Gasteiger partial charge in [0, 0.05) is 6.54 Å². The lowest BCUT2D eigenvalue weighted by Gasteiger charge is -2.26. The third kappa shape index (κ3) is 8.41. The van der Waals surface area contributed by atoms with Crippen molar-refractivity contribution in [2.45, 2.75) is 57.3 Å². The van der Waals surface area contributed by atoms with Crippen LogP contribution in [0.15, 0.2) is 42.5 Å². The second-order valence-electron chi connectivity index (χ2n) is 8.72. The lowest BCUT2D eigenvalue weighted by molar-refractivity contribution is -0.144. The van der Waals surface area contributed by atoms with E-state index in [-0.39, 0.29) is 6.92 Å². The maximum Gasteiger partial charge on any atom is 0.323 e. The molecule has 0 amide bonds. The van der Waals surface area contributed by atoms with Gasteiger partial charge in [-0.15, -0.1) is 0 Å². The Morgan fingerprint density at radius 1 is 1.03 bits per heavy atom. The van der Waals surface area contributed by atoms with E-state index in [4.69, 9.17) is 28.9 Å². The lowest BCUT2D eigenvalue weighted by Crippen LogP contribution is -2.48. The molecular formula is C24H33BCl2N2O3. The minimum Gasteiger partial charge on any atom is -0.480 e. The Bertz CT molecular complexity index is 880. The smallest absolute Gasteiger partial charge is 0.323 e. The van der Waals surface area contributed by atoms with Crippen molar-refractivity contribution in [3.63, 3.8) is 0 Å². The third-order valence-corrected chi connectivity index (χ3v) is 6.48. The molecule has 0 aliphatic carbocycles. The molecule has 174 valence electrons. The number of nitrogens with zero attached hydrogens (tertiary/aromatic N) is 1. The standard InChI is InChI=1S/C24H33BCl2N2O3/c1-25(32)14-4-3-12-24(28,23(30)31)13-5-15-29(2)17-18-6-8-19(9-7-18)20-10-11-21(26)22(27)16-20/h6-11,16,32H,3-5,12-15,17,28H2,1-2H3,(H,30,31). The molecule has 1 unspecified atom stereocenters. The summed E-state index contributed by atoms with van der Waals surface area (Å²) in [6.07, 6.45) is 3.71. The summed E-state index contributed by atoms with van der Waals surface area (Å²) in [5.74, 6) is -0.949. The van der Waals surface area contributed by atoms with Gasteiger partial charge in [0.15, 0.2) is 0 Å². The summed E-state index contributed by atoms with van der Waals surface area (Å²) < 4.78 is 0. The number of rotatable bonds is 13. The van der Waals surface area contributed by atoms with E-state index in [2.05, 4.69) is 29.2 Å². The minimum absolute atomic E-state index is 0.362. The van der Waals surface area contributed by atoms with Crippen LogP contribution in [0.3, 0.4) is 0 Å². The van der Waals surface area contributed by atoms with Crippen molar-refractivity contribution in [1.29, 1.82) is 0 Å². The molecule has 0 spiro atoms. The number of carbonyl (C=O) groups is 1. The molecular weight excluding hydrogens is 446 g/mol. The van der Waals surface area contributed by atoms with Crippen LogP contribution in [-0.4, -0.2) is 47.0 Å². The van der Waals surface area contributed by atoms with Crippen molar-refractivity contribution in [1.82, 2.24) is 4.90 Å². The monoisotopic (exact) mass is 478 g/mol. The van der Waals surface area contributed by atoms with Crippen LogP contribution in [-0.2, 0) is 11.3 Å². The van der Waals surface area contributed by atoms with E-state index >= 15 is 0 Å². The molecule has 0 saturated carbocycles. The van der Waals surface area contributed by atoms with Gasteiger partial charge in [-0.3, -0.25) is 4.79 Å². The fourth-order valence-corrected chi connectivity index (χ4v) is 4.05. The SMILES string of the molecule is CB(O)CCCCC(N)(CCCN(C)Cc1ccc(-c2ccc(Cl)c(Cl)c2)cc1)C(=O)O. The van der Waals surface area contributed by atoms with Crippen LogP contribution in [0.2, 0.25) is 23.2 Å². The van der Waals surface area contributed by atoms with Gasteiger partial charge in [0.05, 0.1) is 10.0 Å². The van der Waals surface area contributed by atoms with Gasteiger partial charge in [0.25, 0.3) is 6.92 Å². The molecule has 0 saturated heterocycles. The highest BCUT2D eigenvalue weighted by Gasteiger charge is 2.32. The first-order valence-electron chi connectivity index (χ1n) is 11.0. The van der Waals surface area contributed by atoms with Gasteiger partial charge in [-0.1, -0.05) is 73.2 Å². The topological polar surface area (TPSA) is 86.8 Å². The molecule has 8 heteroatoms. The maximum absolute atomic E-state index is 11.7. The van der Waals surface area contributed by atoms with Crippen molar-refractivity contribution >= 4 is 36.1 Å². The number of hydrogen-bond donors (Lipinski definition) is 3. The summed E-state index contributed by atoms with van der Waals surface area (Å²) in [6.45, 7) is 2.90. The fraction of sp³-hybridized carbons (Fsp3) is 0.458. The third-order valence-electron chi connectivity index (χ3n) is 5.74. The van der Waals surface area contributed by atoms with Crippen molar-refractivity contribution in [3.05, 3.63) is 58.1 Å². The molecule has 1 atom stereocenters. The summed E-state index contributed by atoms with van der Waals surface area (Å²) in [5, 5.41) is 20.0. The molecule has 0 bridgehead atoms. The Labute approximate surface area is 201 Å². The molecule has 0 aliphatic heterocycles.